The highest BCUT2D eigenvalue weighted by molar-refractivity contribution is 5.14. The Labute approximate surface area is 54.9 Å². The Morgan fingerprint density at radius 1 is 1.56 bits per heavy atom. The summed E-state index contributed by atoms with van der Waals surface area (Å²) < 4.78 is 0. The zero-order valence-corrected chi connectivity index (χ0v) is 5.46. The van der Waals surface area contributed by atoms with Gasteiger partial charge in [-0.05, 0) is 24.8 Å². The summed E-state index contributed by atoms with van der Waals surface area (Å²) in [7, 11) is 0. The molecule has 1 aliphatic heterocycles. The molecule has 1 unspecified atom stereocenters. The molecule has 0 aromatic carbocycles. The van der Waals surface area contributed by atoms with Crippen LogP contribution >= 0.6 is 0 Å². The molecule has 0 aliphatic carbocycles. The molecule has 1 rings (SSSR count). The minimum atomic E-state index is -0.797. The minimum Gasteiger partial charge on any atom is -0.367 e. The van der Waals surface area contributed by atoms with Crippen LogP contribution in [-0.2, 0) is 0 Å². The molecule has 2 heteroatoms. The van der Waals surface area contributed by atoms with Crippen molar-refractivity contribution in [3.8, 4) is 0 Å². The summed E-state index contributed by atoms with van der Waals surface area (Å²) in [6, 6.07) is 0. The number of rotatable bonds is 1. The first-order chi connectivity index (χ1) is 4.27. The van der Waals surface area contributed by atoms with Gasteiger partial charge in [0.05, 0.1) is 0 Å². The molecule has 2 nitrogen and oxygen atoms in total. The first-order valence-electron chi connectivity index (χ1n) is 3.11. The standard InChI is InChI=1S/C7H11NO/c1-2-7(9)5-3-4-6-8-7/h3-6,8-9H,2H2,1H3. The van der Waals surface area contributed by atoms with Crippen LogP contribution in [0.15, 0.2) is 24.4 Å². The van der Waals surface area contributed by atoms with Crippen LogP contribution in [-0.4, -0.2) is 10.8 Å². The maximum Gasteiger partial charge on any atom is 0.154 e. The SMILES string of the molecule is CCC1(O)C=CC=CN1. The molecular weight excluding hydrogens is 114 g/mol. The average Bonchev–Trinajstić information content (AvgIpc) is 1.90. The Morgan fingerprint density at radius 2 is 2.33 bits per heavy atom. The Balaban J connectivity index is 2.63. The van der Waals surface area contributed by atoms with Crippen molar-refractivity contribution in [2.75, 3.05) is 0 Å². The lowest BCUT2D eigenvalue weighted by atomic mass is 10.1. The molecule has 1 heterocycles. The third-order valence-corrected chi connectivity index (χ3v) is 1.45. The summed E-state index contributed by atoms with van der Waals surface area (Å²) in [5.41, 5.74) is -0.797. The van der Waals surface area contributed by atoms with Crippen LogP contribution in [0.2, 0.25) is 0 Å². The van der Waals surface area contributed by atoms with Crippen molar-refractivity contribution in [2.24, 2.45) is 0 Å². The molecule has 0 bridgehead atoms. The van der Waals surface area contributed by atoms with Gasteiger partial charge in [-0.25, -0.2) is 0 Å². The van der Waals surface area contributed by atoms with Gasteiger partial charge in [-0.1, -0.05) is 13.0 Å². The van der Waals surface area contributed by atoms with Gasteiger partial charge in [0.2, 0.25) is 0 Å². The molecule has 0 saturated heterocycles. The maximum atomic E-state index is 9.43. The van der Waals surface area contributed by atoms with E-state index in [0.29, 0.717) is 6.42 Å². The summed E-state index contributed by atoms with van der Waals surface area (Å²) in [6.45, 7) is 1.93. The Bertz CT molecular complexity index is 151. The second kappa shape index (κ2) is 2.23. The Morgan fingerprint density at radius 3 is 2.67 bits per heavy atom. The van der Waals surface area contributed by atoms with Gasteiger partial charge >= 0.3 is 0 Å². The smallest absolute Gasteiger partial charge is 0.154 e. The summed E-state index contributed by atoms with van der Waals surface area (Å²) >= 11 is 0. The van der Waals surface area contributed by atoms with Gasteiger partial charge in [-0.2, -0.15) is 0 Å². The van der Waals surface area contributed by atoms with Crippen LogP contribution < -0.4 is 5.32 Å². The normalized spacial score (nSPS) is 32.2. The molecular formula is C7H11NO. The molecule has 1 atom stereocenters. The first kappa shape index (κ1) is 6.36. The van der Waals surface area contributed by atoms with Crippen molar-refractivity contribution in [3.63, 3.8) is 0 Å². The maximum absolute atomic E-state index is 9.43. The van der Waals surface area contributed by atoms with E-state index in [4.69, 9.17) is 0 Å². The fraction of sp³-hybridized carbons (Fsp3) is 0.429. The van der Waals surface area contributed by atoms with Gasteiger partial charge in [0, 0.05) is 0 Å². The van der Waals surface area contributed by atoms with Gasteiger partial charge in [-0.15, -0.1) is 0 Å². The highest BCUT2D eigenvalue weighted by Crippen LogP contribution is 2.09. The van der Waals surface area contributed by atoms with E-state index in [9.17, 15) is 5.11 Å². The Kier molecular flexibility index (Phi) is 1.58. The van der Waals surface area contributed by atoms with E-state index in [1.807, 2.05) is 19.1 Å². The zero-order valence-electron chi connectivity index (χ0n) is 5.46. The van der Waals surface area contributed by atoms with E-state index in [0.717, 1.165) is 0 Å². The topological polar surface area (TPSA) is 32.3 Å². The van der Waals surface area contributed by atoms with E-state index in [-0.39, 0.29) is 0 Å². The summed E-state index contributed by atoms with van der Waals surface area (Å²) in [5, 5.41) is 12.3. The molecule has 0 fully saturated rings. The molecule has 1 aliphatic rings. The molecule has 9 heavy (non-hydrogen) atoms. The van der Waals surface area contributed by atoms with Crippen LogP contribution in [0.5, 0.6) is 0 Å². The molecule has 0 aromatic rings. The quantitative estimate of drug-likeness (QED) is 0.542. The van der Waals surface area contributed by atoms with Crippen LogP contribution in [0.4, 0.5) is 0 Å². The fourth-order valence-corrected chi connectivity index (χ4v) is 0.731. The van der Waals surface area contributed by atoms with E-state index in [1.165, 1.54) is 0 Å². The first-order valence-corrected chi connectivity index (χ1v) is 3.11. The summed E-state index contributed by atoms with van der Waals surface area (Å²) in [4.78, 5) is 0. The van der Waals surface area contributed by atoms with Gasteiger partial charge in [0.15, 0.2) is 5.72 Å². The van der Waals surface area contributed by atoms with Crippen LogP contribution in [0.25, 0.3) is 0 Å². The molecule has 0 saturated carbocycles. The average molecular weight is 125 g/mol. The van der Waals surface area contributed by atoms with Gasteiger partial charge in [-0.3, -0.25) is 0 Å². The lowest BCUT2D eigenvalue weighted by Gasteiger charge is -2.24. The molecule has 0 spiro atoms. The molecule has 50 valence electrons. The van der Waals surface area contributed by atoms with Crippen LogP contribution in [0.1, 0.15) is 13.3 Å². The zero-order chi connectivity index (χ0) is 6.74. The third kappa shape index (κ3) is 1.33. The fourth-order valence-electron chi connectivity index (χ4n) is 0.731. The number of hydrogen-bond acceptors (Lipinski definition) is 2. The molecule has 2 N–H and O–H groups in total. The van der Waals surface area contributed by atoms with Crippen molar-refractivity contribution in [1.29, 1.82) is 0 Å². The van der Waals surface area contributed by atoms with Crippen molar-refractivity contribution in [2.45, 2.75) is 19.1 Å². The number of allylic oxidation sites excluding steroid dienone is 2. The van der Waals surface area contributed by atoms with Gasteiger partial charge < -0.3 is 10.4 Å². The lowest BCUT2D eigenvalue weighted by molar-refractivity contribution is 0.0638. The lowest BCUT2D eigenvalue weighted by Crippen LogP contribution is -2.40. The van der Waals surface area contributed by atoms with Crippen LogP contribution in [0, 0.1) is 0 Å². The van der Waals surface area contributed by atoms with Crippen LogP contribution in [0.3, 0.4) is 0 Å². The highest BCUT2D eigenvalue weighted by Gasteiger charge is 2.18. The largest absolute Gasteiger partial charge is 0.367 e. The number of dihydropyridines is 1. The summed E-state index contributed by atoms with van der Waals surface area (Å²) in [5.74, 6) is 0. The second-order valence-corrected chi connectivity index (χ2v) is 2.14. The number of hydrogen-bond donors (Lipinski definition) is 2. The summed E-state index contributed by atoms with van der Waals surface area (Å²) in [6.07, 6.45) is 7.86. The monoisotopic (exact) mass is 125 g/mol. The number of aliphatic hydroxyl groups is 1. The second-order valence-electron chi connectivity index (χ2n) is 2.14. The van der Waals surface area contributed by atoms with Gasteiger partial charge in [0.1, 0.15) is 0 Å². The minimum absolute atomic E-state index is 0.688. The predicted octanol–water partition coefficient (Wildman–Crippen LogP) is 0.758. The van der Waals surface area contributed by atoms with Crippen molar-refractivity contribution >= 4 is 0 Å². The van der Waals surface area contributed by atoms with Gasteiger partial charge in [0.25, 0.3) is 0 Å². The van der Waals surface area contributed by atoms with E-state index in [2.05, 4.69) is 5.32 Å². The predicted molar refractivity (Wildman–Crippen MR) is 36.7 cm³/mol. The Hall–Kier alpha value is -0.760. The van der Waals surface area contributed by atoms with Crippen molar-refractivity contribution in [3.05, 3.63) is 24.4 Å². The van der Waals surface area contributed by atoms with E-state index >= 15 is 0 Å². The van der Waals surface area contributed by atoms with Crippen molar-refractivity contribution in [1.82, 2.24) is 5.32 Å². The molecule has 0 radical (unpaired) electrons. The van der Waals surface area contributed by atoms with E-state index in [1.54, 1.807) is 12.3 Å². The van der Waals surface area contributed by atoms with Crippen molar-refractivity contribution < 1.29 is 5.11 Å². The highest BCUT2D eigenvalue weighted by atomic mass is 16.3. The number of nitrogens with one attached hydrogen (secondary N) is 1. The molecule has 0 amide bonds. The van der Waals surface area contributed by atoms with E-state index < -0.39 is 5.72 Å². The third-order valence-electron chi connectivity index (χ3n) is 1.45. The molecule has 0 aromatic heterocycles.